The minimum atomic E-state index is 0.489. The van der Waals surface area contributed by atoms with Crippen LogP contribution in [-0.4, -0.2) is 25.7 Å². The summed E-state index contributed by atoms with van der Waals surface area (Å²) < 4.78 is 5.29. The quantitative estimate of drug-likeness (QED) is 0.854. The van der Waals surface area contributed by atoms with Crippen molar-refractivity contribution in [2.75, 3.05) is 19.0 Å². The Morgan fingerprint density at radius 3 is 2.89 bits per heavy atom. The lowest BCUT2D eigenvalue weighted by Crippen LogP contribution is -2.37. The van der Waals surface area contributed by atoms with E-state index in [0.717, 1.165) is 5.75 Å². The van der Waals surface area contributed by atoms with Gasteiger partial charge in [0.25, 0.3) is 0 Å². The smallest absolute Gasteiger partial charge is 0.121 e. The van der Waals surface area contributed by atoms with Gasteiger partial charge in [-0.1, -0.05) is 6.42 Å². The highest BCUT2D eigenvalue weighted by atomic mass is 16.5. The lowest BCUT2D eigenvalue weighted by atomic mass is 9.98. The van der Waals surface area contributed by atoms with E-state index in [9.17, 15) is 0 Å². The fourth-order valence-corrected chi connectivity index (χ4v) is 2.86. The predicted molar refractivity (Wildman–Crippen MR) is 81.1 cm³/mol. The molecule has 3 nitrogen and oxygen atoms in total. The number of methoxy groups -OCH3 is 1. The van der Waals surface area contributed by atoms with Gasteiger partial charge in [-0.15, -0.1) is 0 Å². The third kappa shape index (κ3) is 4.13. The summed E-state index contributed by atoms with van der Waals surface area (Å²) in [4.78, 5) is 0. The molecule has 2 rings (SSSR count). The maximum absolute atomic E-state index is 5.29. The molecule has 0 amide bonds. The van der Waals surface area contributed by atoms with Crippen LogP contribution in [0.25, 0.3) is 0 Å². The Labute approximate surface area is 116 Å². The molecule has 19 heavy (non-hydrogen) atoms. The van der Waals surface area contributed by atoms with Crippen LogP contribution in [0.3, 0.4) is 0 Å². The number of benzene rings is 1. The van der Waals surface area contributed by atoms with Crippen LogP contribution in [0.4, 0.5) is 5.69 Å². The average molecular weight is 262 g/mol. The van der Waals surface area contributed by atoms with Crippen molar-refractivity contribution in [1.29, 1.82) is 0 Å². The number of piperidine rings is 1. The van der Waals surface area contributed by atoms with Gasteiger partial charge in [-0.25, -0.2) is 0 Å². The Kier molecular flexibility index (Phi) is 5.08. The molecule has 106 valence electrons. The molecular formula is C16H26N2O. The number of hydrogen-bond acceptors (Lipinski definition) is 3. The zero-order chi connectivity index (χ0) is 13.7. The highest BCUT2D eigenvalue weighted by Gasteiger charge is 2.15. The molecule has 1 aliphatic heterocycles. The van der Waals surface area contributed by atoms with Crippen LogP contribution in [0.15, 0.2) is 18.2 Å². The standard InChI is InChI=1S/C16H26N2O/c1-12-10-15(7-8-16(12)19-3)18-13(2)11-14-6-4-5-9-17-14/h7-8,10,13-14,17-18H,4-6,9,11H2,1-3H3. The van der Waals surface area contributed by atoms with Gasteiger partial charge in [0.05, 0.1) is 7.11 Å². The number of aryl methyl sites for hydroxylation is 1. The Hall–Kier alpha value is -1.22. The fraction of sp³-hybridized carbons (Fsp3) is 0.625. The molecule has 1 aromatic carbocycles. The van der Waals surface area contributed by atoms with Crippen LogP contribution in [0.5, 0.6) is 5.75 Å². The second-order valence-corrected chi connectivity index (χ2v) is 5.61. The fourth-order valence-electron chi connectivity index (χ4n) is 2.86. The van der Waals surface area contributed by atoms with E-state index in [4.69, 9.17) is 4.74 Å². The van der Waals surface area contributed by atoms with Gasteiger partial charge in [0, 0.05) is 17.8 Å². The molecule has 0 bridgehead atoms. The summed E-state index contributed by atoms with van der Waals surface area (Å²) in [5.74, 6) is 0.951. The zero-order valence-corrected chi connectivity index (χ0v) is 12.3. The second kappa shape index (κ2) is 6.80. The summed E-state index contributed by atoms with van der Waals surface area (Å²) in [6.45, 7) is 5.52. The monoisotopic (exact) mass is 262 g/mol. The average Bonchev–Trinajstić information content (AvgIpc) is 2.40. The first-order valence-corrected chi connectivity index (χ1v) is 7.33. The molecule has 1 fully saturated rings. The number of hydrogen-bond donors (Lipinski definition) is 2. The van der Waals surface area contributed by atoms with Crippen molar-refractivity contribution in [2.24, 2.45) is 0 Å². The third-order valence-corrected chi connectivity index (χ3v) is 3.86. The predicted octanol–water partition coefficient (Wildman–Crippen LogP) is 3.34. The van der Waals surface area contributed by atoms with E-state index in [-0.39, 0.29) is 0 Å². The van der Waals surface area contributed by atoms with Crippen molar-refractivity contribution in [3.8, 4) is 5.75 Å². The van der Waals surface area contributed by atoms with Crippen LogP contribution >= 0.6 is 0 Å². The minimum absolute atomic E-state index is 0.489. The van der Waals surface area contributed by atoms with Crippen LogP contribution in [0.2, 0.25) is 0 Å². The van der Waals surface area contributed by atoms with Gasteiger partial charge in [0.15, 0.2) is 0 Å². The van der Waals surface area contributed by atoms with Crippen molar-refractivity contribution < 1.29 is 4.74 Å². The summed E-state index contributed by atoms with van der Waals surface area (Å²) in [7, 11) is 1.72. The molecule has 2 unspecified atom stereocenters. The minimum Gasteiger partial charge on any atom is -0.496 e. The normalized spacial score (nSPS) is 20.9. The first-order valence-electron chi connectivity index (χ1n) is 7.33. The SMILES string of the molecule is COc1ccc(NC(C)CC2CCCCN2)cc1C. The van der Waals surface area contributed by atoms with Crippen LogP contribution in [0.1, 0.15) is 38.2 Å². The van der Waals surface area contributed by atoms with E-state index in [2.05, 4.69) is 36.6 Å². The topological polar surface area (TPSA) is 33.3 Å². The lowest BCUT2D eigenvalue weighted by Gasteiger charge is -2.27. The van der Waals surface area contributed by atoms with Gasteiger partial charge in [0.1, 0.15) is 5.75 Å². The molecule has 0 spiro atoms. The zero-order valence-electron chi connectivity index (χ0n) is 12.3. The summed E-state index contributed by atoms with van der Waals surface area (Å²) in [5.41, 5.74) is 2.36. The van der Waals surface area contributed by atoms with Crippen molar-refractivity contribution in [2.45, 2.75) is 51.6 Å². The number of ether oxygens (including phenoxy) is 1. The second-order valence-electron chi connectivity index (χ2n) is 5.61. The van der Waals surface area contributed by atoms with Crippen molar-refractivity contribution in [1.82, 2.24) is 5.32 Å². The number of rotatable bonds is 5. The molecule has 1 saturated heterocycles. The van der Waals surface area contributed by atoms with E-state index < -0.39 is 0 Å². The summed E-state index contributed by atoms with van der Waals surface area (Å²) in [5, 5.41) is 7.19. The molecule has 1 heterocycles. The molecule has 0 aromatic heterocycles. The van der Waals surface area contributed by atoms with Gasteiger partial charge in [0.2, 0.25) is 0 Å². The highest BCUT2D eigenvalue weighted by Crippen LogP contribution is 2.22. The lowest BCUT2D eigenvalue weighted by molar-refractivity contribution is 0.371. The summed E-state index contributed by atoms with van der Waals surface area (Å²) >= 11 is 0. The largest absolute Gasteiger partial charge is 0.496 e. The summed E-state index contributed by atoms with van der Waals surface area (Å²) in [6, 6.07) is 7.45. The van der Waals surface area contributed by atoms with E-state index in [1.165, 1.54) is 43.5 Å². The number of nitrogens with one attached hydrogen (secondary N) is 2. The summed E-state index contributed by atoms with van der Waals surface area (Å²) in [6.07, 6.45) is 5.20. The van der Waals surface area contributed by atoms with Gasteiger partial charge in [-0.3, -0.25) is 0 Å². The van der Waals surface area contributed by atoms with Crippen molar-refractivity contribution in [3.05, 3.63) is 23.8 Å². The Bertz CT molecular complexity index is 400. The Morgan fingerprint density at radius 1 is 1.42 bits per heavy atom. The van der Waals surface area contributed by atoms with Gasteiger partial charge in [-0.05, 0) is 63.4 Å². The van der Waals surface area contributed by atoms with Crippen LogP contribution < -0.4 is 15.4 Å². The molecule has 2 atom stereocenters. The first kappa shape index (κ1) is 14.2. The van der Waals surface area contributed by atoms with Crippen LogP contribution in [0, 0.1) is 6.92 Å². The molecule has 0 saturated carbocycles. The molecule has 0 aliphatic carbocycles. The van der Waals surface area contributed by atoms with Gasteiger partial charge >= 0.3 is 0 Å². The molecular weight excluding hydrogens is 236 g/mol. The third-order valence-electron chi connectivity index (χ3n) is 3.86. The molecule has 1 aromatic rings. The molecule has 2 N–H and O–H groups in total. The maximum atomic E-state index is 5.29. The van der Waals surface area contributed by atoms with Gasteiger partial charge in [-0.2, -0.15) is 0 Å². The first-order chi connectivity index (χ1) is 9.19. The van der Waals surface area contributed by atoms with Crippen molar-refractivity contribution >= 4 is 5.69 Å². The highest BCUT2D eigenvalue weighted by molar-refractivity contribution is 5.51. The maximum Gasteiger partial charge on any atom is 0.121 e. The van der Waals surface area contributed by atoms with Crippen molar-refractivity contribution in [3.63, 3.8) is 0 Å². The van der Waals surface area contributed by atoms with Gasteiger partial charge < -0.3 is 15.4 Å². The van der Waals surface area contributed by atoms with E-state index in [1.807, 2.05) is 6.07 Å². The van der Waals surface area contributed by atoms with E-state index in [0.29, 0.717) is 12.1 Å². The number of anilines is 1. The Morgan fingerprint density at radius 2 is 2.26 bits per heavy atom. The van der Waals surface area contributed by atoms with Crippen LogP contribution in [-0.2, 0) is 0 Å². The molecule has 1 aliphatic rings. The Balaban J connectivity index is 1.87. The molecule has 0 radical (unpaired) electrons. The van der Waals surface area contributed by atoms with E-state index in [1.54, 1.807) is 7.11 Å². The van der Waals surface area contributed by atoms with E-state index >= 15 is 0 Å². The molecule has 3 heteroatoms.